The summed E-state index contributed by atoms with van der Waals surface area (Å²) in [6.45, 7) is 1.04. The molecular formula is C29H31NO6. The van der Waals surface area contributed by atoms with Gasteiger partial charge in [-0.25, -0.2) is 0 Å². The summed E-state index contributed by atoms with van der Waals surface area (Å²) >= 11 is 0. The van der Waals surface area contributed by atoms with E-state index in [2.05, 4.69) is 5.48 Å². The third-order valence-corrected chi connectivity index (χ3v) is 5.76. The second kappa shape index (κ2) is 12.7. The van der Waals surface area contributed by atoms with Gasteiger partial charge in [0.05, 0.1) is 13.7 Å². The summed E-state index contributed by atoms with van der Waals surface area (Å²) < 4.78 is 17.8. The molecule has 1 aliphatic rings. The minimum atomic E-state index is -0.822. The van der Waals surface area contributed by atoms with Gasteiger partial charge < -0.3 is 19.3 Å². The fourth-order valence-corrected chi connectivity index (χ4v) is 3.54. The average molecular weight is 490 g/mol. The van der Waals surface area contributed by atoms with E-state index in [-0.39, 0.29) is 6.42 Å². The molecule has 0 aromatic heterocycles. The lowest BCUT2D eigenvalue weighted by Crippen LogP contribution is -2.11. The van der Waals surface area contributed by atoms with Crippen molar-refractivity contribution in [3.8, 4) is 17.2 Å². The van der Waals surface area contributed by atoms with E-state index >= 15 is 0 Å². The number of rotatable bonds is 14. The van der Waals surface area contributed by atoms with Crippen LogP contribution in [-0.2, 0) is 22.7 Å². The molecular weight excluding hydrogens is 458 g/mol. The summed E-state index contributed by atoms with van der Waals surface area (Å²) in [5, 5.41) is 9.03. The largest absolute Gasteiger partial charge is 0.493 e. The predicted molar refractivity (Wildman–Crippen MR) is 137 cm³/mol. The molecule has 2 N–H and O–H groups in total. The number of nitrogens with one attached hydrogen (secondary N) is 1. The van der Waals surface area contributed by atoms with E-state index in [1.165, 1.54) is 12.8 Å². The van der Waals surface area contributed by atoms with E-state index in [4.69, 9.17) is 24.2 Å². The number of carboxylic acid groups (broad SMARTS) is 1. The Balaban J connectivity index is 1.35. The van der Waals surface area contributed by atoms with Crippen LogP contribution in [0.2, 0.25) is 0 Å². The molecule has 0 aliphatic heterocycles. The fraction of sp³-hybridized carbons (Fsp3) is 0.276. The molecule has 7 heteroatoms. The van der Waals surface area contributed by atoms with Crippen molar-refractivity contribution in [3.63, 3.8) is 0 Å². The van der Waals surface area contributed by atoms with Gasteiger partial charge in [-0.15, -0.1) is 0 Å². The summed E-state index contributed by atoms with van der Waals surface area (Å²) in [4.78, 5) is 16.1. The van der Waals surface area contributed by atoms with Crippen molar-refractivity contribution in [2.45, 2.75) is 32.3 Å². The molecule has 188 valence electrons. The molecule has 0 heterocycles. The van der Waals surface area contributed by atoms with Crippen LogP contribution in [0.5, 0.6) is 17.2 Å². The van der Waals surface area contributed by atoms with Gasteiger partial charge in [0.1, 0.15) is 35.8 Å². The number of aryl methyl sites for hydroxylation is 1. The fourth-order valence-electron chi connectivity index (χ4n) is 3.54. The number of hydroxylamine groups is 1. The Labute approximate surface area is 211 Å². The third kappa shape index (κ3) is 7.78. The van der Waals surface area contributed by atoms with Crippen LogP contribution in [0.15, 0.2) is 79.1 Å². The standard InChI is InChI=1S/C29H31NO6/c1-33-30-27(23-5-3-2-4-6-23)20-35-25-13-9-22(10-14-25)18-34-26-15-11-24(12-16-29(31)32)28(17-26)36-19-21-7-8-21/h2-6,9-11,13-15,17,20-21,30H,7-8,12,16,18-19H2,1H3,(H,31,32). The molecule has 3 aromatic rings. The maximum absolute atomic E-state index is 11.0. The van der Waals surface area contributed by atoms with Gasteiger partial charge in [-0.05, 0) is 54.5 Å². The molecule has 1 fully saturated rings. The van der Waals surface area contributed by atoms with Crippen LogP contribution < -0.4 is 19.7 Å². The van der Waals surface area contributed by atoms with Gasteiger partial charge >= 0.3 is 5.97 Å². The Morgan fingerprint density at radius 3 is 2.44 bits per heavy atom. The van der Waals surface area contributed by atoms with Crippen molar-refractivity contribution < 1.29 is 28.9 Å². The third-order valence-electron chi connectivity index (χ3n) is 5.76. The van der Waals surface area contributed by atoms with Crippen LogP contribution in [0, 0.1) is 5.92 Å². The molecule has 0 unspecified atom stereocenters. The van der Waals surface area contributed by atoms with Crippen molar-refractivity contribution in [3.05, 3.63) is 95.7 Å². The molecule has 7 nitrogen and oxygen atoms in total. The van der Waals surface area contributed by atoms with Crippen LogP contribution in [-0.4, -0.2) is 24.8 Å². The number of carbonyl (C=O) groups is 1. The van der Waals surface area contributed by atoms with E-state index in [9.17, 15) is 4.79 Å². The van der Waals surface area contributed by atoms with E-state index < -0.39 is 5.97 Å². The highest BCUT2D eigenvalue weighted by Gasteiger charge is 2.22. The Kier molecular flexibility index (Phi) is 8.83. The molecule has 0 spiro atoms. The summed E-state index contributed by atoms with van der Waals surface area (Å²) in [5.74, 6) is 1.85. The molecule has 1 saturated carbocycles. The number of aliphatic carboxylic acids is 1. The normalized spacial score (nSPS) is 13.2. The Morgan fingerprint density at radius 2 is 1.75 bits per heavy atom. The average Bonchev–Trinajstić information content (AvgIpc) is 3.73. The van der Waals surface area contributed by atoms with Gasteiger partial charge in [-0.3, -0.25) is 15.1 Å². The zero-order valence-corrected chi connectivity index (χ0v) is 20.3. The van der Waals surface area contributed by atoms with Gasteiger partial charge in [0.2, 0.25) is 0 Å². The molecule has 1 aliphatic carbocycles. The van der Waals surface area contributed by atoms with E-state index in [1.54, 1.807) is 13.4 Å². The van der Waals surface area contributed by atoms with Crippen molar-refractivity contribution in [1.82, 2.24) is 5.48 Å². The van der Waals surface area contributed by atoms with Gasteiger partial charge in [0.15, 0.2) is 0 Å². The maximum Gasteiger partial charge on any atom is 0.303 e. The highest BCUT2D eigenvalue weighted by atomic mass is 16.6. The molecule has 0 saturated heterocycles. The van der Waals surface area contributed by atoms with Crippen LogP contribution in [0.4, 0.5) is 0 Å². The summed E-state index contributed by atoms with van der Waals surface area (Å²) in [7, 11) is 1.55. The van der Waals surface area contributed by atoms with Crippen molar-refractivity contribution in [2.24, 2.45) is 5.92 Å². The van der Waals surface area contributed by atoms with Gasteiger partial charge in [0.25, 0.3) is 0 Å². The predicted octanol–water partition coefficient (Wildman–Crippen LogP) is 5.60. The summed E-state index contributed by atoms with van der Waals surface area (Å²) in [6.07, 6.45) is 4.48. The van der Waals surface area contributed by atoms with E-state index in [1.807, 2.05) is 72.8 Å². The molecule has 36 heavy (non-hydrogen) atoms. The van der Waals surface area contributed by atoms with Crippen molar-refractivity contribution in [2.75, 3.05) is 13.7 Å². The molecule has 0 radical (unpaired) electrons. The first-order valence-corrected chi connectivity index (χ1v) is 12.0. The molecule has 4 rings (SSSR count). The molecule has 0 amide bonds. The molecule has 3 aromatic carbocycles. The van der Waals surface area contributed by atoms with Gasteiger partial charge in [-0.1, -0.05) is 48.5 Å². The zero-order valence-electron chi connectivity index (χ0n) is 20.3. The summed E-state index contributed by atoms with van der Waals surface area (Å²) in [6, 6.07) is 23.0. The molecule has 0 bridgehead atoms. The monoisotopic (exact) mass is 489 g/mol. The SMILES string of the molecule is CONC(=COc1ccc(COc2ccc(CCC(=O)O)c(OCC3CC3)c2)cc1)c1ccccc1. The lowest BCUT2D eigenvalue weighted by atomic mass is 10.1. The van der Waals surface area contributed by atoms with Crippen LogP contribution in [0.3, 0.4) is 0 Å². The van der Waals surface area contributed by atoms with Gasteiger partial charge in [-0.2, -0.15) is 0 Å². The lowest BCUT2D eigenvalue weighted by molar-refractivity contribution is -0.136. The minimum absolute atomic E-state index is 0.0674. The summed E-state index contributed by atoms with van der Waals surface area (Å²) in [5.41, 5.74) is 6.36. The zero-order chi connectivity index (χ0) is 25.2. The second-order valence-electron chi connectivity index (χ2n) is 8.67. The number of hydrogen-bond acceptors (Lipinski definition) is 6. The number of hydrogen-bond donors (Lipinski definition) is 2. The first kappa shape index (κ1) is 25.1. The highest BCUT2D eigenvalue weighted by Crippen LogP contribution is 2.32. The van der Waals surface area contributed by atoms with Crippen molar-refractivity contribution >= 4 is 11.7 Å². The Hall–Kier alpha value is -3.97. The topological polar surface area (TPSA) is 86.2 Å². The molecule has 0 atom stereocenters. The number of benzene rings is 3. The van der Waals surface area contributed by atoms with Crippen LogP contribution >= 0.6 is 0 Å². The maximum atomic E-state index is 11.0. The lowest BCUT2D eigenvalue weighted by Gasteiger charge is -2.14. The Morgan fingerprint density at radius 1 is 1.00 bits per heavy atom. The number of ether oxygens (including phenoxy) is 3. The first-order chi connectivity index (χ1) is 17.6. The van der Waals surface area contributed by atoms with E-state index in [0.717, 1.165) is 16.7 Å². The van der Waals surface area contributed by atoms with E-state index in [0.29, 0.717) is 48.5 Å². The smallest absolute Gasteiger partial charge is 0.303 e. The number of carboxylic acids is 1. The van der Waals surface area contributed by atoms with Gasteiger partial charge in [0, 0.05) is 18.1 Å². The Bertz CT molecular complexity index is 1160. The van der Waals surface area contributed by atoms with Crippen LogP contribution in [0.25, 0.3) is 5.70 Å². The van der Waals surface area contributed by atoms with Crippen molar-refractivity contribution in [1.29, 1.82) is 0 Å². The minimum Gasteiger partial charge on any atom is -0.493 e. The highest BCUT2D eigenvalue weighted by molar-refractivity contribution is 5.67. The quantitative estimate of drug-likeness (QED) is 0.225. The van der Waals surface area contributed by atoms with Crippen LogP contribution in [0.1, 0.15) is 36.0 Å². The second-order valence-corrected chi connectivity index (χ2v) is 8.67. The first-order valence-electron chi connectivity index (χ1n) is 12.0.